The molecule has 2 aromatic rings. The first-order valence-electron chi connectivity index (χ1n) is 10.8. The maximum absolute atomic E-state index is 13.3. The van der Waals surface area contributed by atoms with Crippen molar-refractivity contribution in [2.75, 3.05) is 13.2 Å². The molecule has 0 unspecified atom stereocenters. The van der Waals surface area contributed by atoms with Gasteiger partial charge in [-0.3, -0.25) is 10.2 Å². The highest BCUT2D eigenvalue weighted by atomic mass is 16.5. The molecule has 0 bridgehead atoms. The number of phenolic OH excluding ortho intramolecular Hbond substituents is 1. The van der Waals surface area contributed by atoms with Crippen molar-refractivity contribution in [2.24, 2.45) is 0 Å². The first-order chi connectivity index (χ1) is 14.3. The number of benzene rings is 2. The van der Waals surface area contributed by atoms with Gasteiger partial charge in [0.15, 0.2) is 5.78 Å². The van der Waals surface area contributed by atoms with Gasteiger partial charge in [0.25, 0.3) is 0 Å². The van der Waals surface area contributed by atoms with E-state index in [1.165, 1.54) is 0 Å². The van der Waals surface area contributed by atoms with Crippen molar-refractivity contribution in [1.29, 1.82) is 5.41 Å². The summed E-state index contributed by atoms with van der Waals surface area (Å²) in [7, 11) is 0. The lowest BCUT2D eigenvalue weighted by Gasteiger charge is -2.28. The summed E-state index contributed by atoms with van der Waals surface area (Å²) in [6.07, 6.45) is 0. The van der Waals surface area contributed by atoms with Gasteiger partial charge >= 0.3 is 0 Å². The van der Waals surface area contributed by atoms with E-state index in [4.69, 9.17) is 10.1 Å². The maximum atomic E-state index is 13.3. The number of rotatable bonds is 5. The molecule has 5 heteroatoms. The van der Waals surface area contributed by atoms with Gasteiger partial charge in [-0.25, -0.2) is 0 Å². The van der Waals surface area contributed by atoms with Crippen molar-refractivity contribution >= 4 is 11.6 Å². The van der Waals surface area contributed by atoms with Gasteiger partial charge in [0.2, 0.25) is 0 Å². The van der Waals surface area contributed by atoms with Crippen molar-refractivity contribution in [1.82, 2.24) is 4.90 Å². The molecule has 0 atom stereocenters. The minimum absolute atomic E-state index is 0.0569. The average Bonchev–Trinajstić information content (AvgIpc) is 2.95. The lowest BCUT2D eigenvalue weighted by molar-refractivity contribution is 0.0962. The van der Waals surface area contributed by atoms with Crippen LogP contribution in [-0.4, -0.2) is 34.8 Å². The fourth-order valence-electron chi connectivity index (χ4n) is 3.96. The quantitative estimate of drug-likeness (QED) is 0.632. The summed E-state index contributed by atoms with van der Waals surface area (Å²) in [4.78, 5) is 15.1. The van der Waals surface area contributed by atoms with Crippen molar-refractivity contribution in [3.8, 4) is 11.5 Å². The molecule has 0 saturated carbocycles. The largest absolute Gasteiger partial charge is 0.507 e. The van der Waals surface area contributed by atoms with Gasteiger partial charge in [-0.15, -0.1) is 0 Å². The van der Waals surface area contributed by atoms with Crippen LogP contribution in [-0.2, 0) is 17.4 Å². The molecule has 166 valence electrons. The third-order valence-corrected chi connectivity index (χ3v) is 5.71. The second kappa shape index (κ2) is 8.03. The minimum Gasteiger partial charge on any atom is -0.507 e. The van der Waals surface area contributed by atoms with E-state index in [0.717, 1.165) is 28.0 Å². The lowest BCUT2D eigenvalue weighted by atomic mass is 9.78. The number of carbonyl (C=O) groups is 1. The first kappa shape index (κ1) is 22.9. The van der Waals surface area contributed by atoms with E-state index in [2.05, 4.69) is 0 Å². The van der Waals surface area contributed by atoms with Gasteiger partial charge in [0, 0.05) is 28.8 Å². The number of hydrogen-bond acceptors (Lipinski definition) is 4. The number of hydrogen-bond donors (Lipinski definition) is 2. The second-order valence-corrected chi connectivity index (χ2v) is 10.3. The highest BCUT2D eigenvalue weighted by Gasteiger charge is 2.30. The van der Waals surface area contributed by atoms with E-state index in [-0.39, 0.29) is 28.9 Å². The summed E-state index contributed by atoms with van der Waals surface area (Å²) >= 11 is 0. The Morgan fingerprint density at radius 3 is 2.16 bits per heavy atom. The average molecular weight is 423 g/mol. The Morgan fingerprint density at radius 2 is 1.65 bits per heavy atom. The maximum Gasteiger partial charge on any atom is 0.182 e. The SMILES string of the molecule is CCOc1ccc2c(c1)C(=N)N(CC(=O)c1cc(C(C)(C)C)c(O)c(C(C)(C)C)c1)C2. The van der Waals surface area contributed by atoms with E-state index >= 15 is 0 Å². The number of ether oxygens (including phenoxy) is 1. The Bertz CT molecular complexity index is 991. The fourth-order valence-corrected chi connectivity index (χ4v) is 3.96. The highest BCUT2D eigenvalue weighted by Crippen LogP contribution is 2.40. The number of phenols is 1. The summed E-state index contributed by atoms with van der Waals surface area (Å²) in [5.41, 5.74) is 3.35. The predicted octanol–water partition coefficient (Wildman–Crippen LogP) is 5.41. The molecule has 0 fully saturated rings. The zero-order chi connectivity index (χ0) is 23.1. The van der Waals surface area contributed by atoms with E-state index in [0.29, 0.717) is 24.6 Å². The minimum atomic E-state index is -0.299. The Balaban J connectivity index is 1.91. The van der Waals surface area contributed by atoms with Gasteiger partial charge in [0.1, 0.15) is 17.3 Å². The molecule has 31 heavy (non-hydrogen) atoms. The van der Waals surface area contributed by atoms with Gasteiger partial charge in [-0.05, 0) is 47.6 Å². The normalized spacial score (nSPS) is 14.0. The molecule has 1 heterocycles. The van der Waals surface area contributed by atoms with Gasteiger partial charge in [0.05, 0.1) is 13.2 Å². The smallest absolute Gasteiger partial charge is 0.182 e. The van der Waals surface area contributed by atoms with Crippen LogP contribution in [0.3, 0.4) is 0 Å². The number of nitrogens with one attached hydrogen (secondary N) is 1. The zero-order valence-corrected chi connectivity index (χ0v) is 19.7. The Morgan fingerprint density at radius 1 is 1.06 bits per heavy atom. The number of aromatic hydroxyl groups is 1. The molecule has 0 radical (unpaired) electrons. The van der Waals surface area contributed by atoms with Crippen LogP contribution in [0.4, 0.5) is 0 Å². The monoisotopic (exact) mass is 422 g/mol. The number of amidine groups is 1. The Kier molecular flexibility index (Phi) is 5.92. The molecule has 1 aliphatic heterocycles. The number of carbonyl (C=O) groups excluding carboxylic acids is 1. The van der Waals surface area contributed by atoms with Crippen molar-refractivity contribution < 1.29 is 14.6 Å². The van der Waals surface area contributed by atoms with Crippen molar-refractivity contribution in [3.63, 3.8) is 0 Å². The van der Waals surface area contributed by atoms with Crippen LogP contribution >= 0.6 is 0 Å². The molecular formula is C26H34N2O3. The van der Waals surface area contributed by atoms with Crippen LogP contribution < -0.4 is 4.74 Å². The van der Waals surface area contributed by atoms with E-state index in [9.17, 15) is 9.90 Å². The highest BCUT2D eigenvalue weighted by molar-refractivity contribution is 6.05. The molecule has 0 aromatic heterocycles. The first-order valence-corrected chi connectivity index (χ1v) is 10.8. The zero-order valence-electron chi connectivity index (χ0n) is 19.7. The molecular weight excluding hydrogens is 388 g/mol. The van der Waals surface area contributed by atoms with Crippen LogP contribution in [0.5, 0.6) is 11.5 Å². The van der Waals surface area contributed by atoms with Crippen LogP contribution in [0, 0.1) is 5.41 Å². The molecule has 2 N–H and O–H groups in total. The number of ketones is 1. The Labute approximate surface area is 185 Å². The van der Waals surface area contributed by atoms with Gasteiger partial charge in [-0.1, -0.05) is 47.6 Å². The molecule has 3 rings (SSSR count). The van der Waals surface area contributed by atoms with Crippen molar-refractivity contribution in [2.45, 2.75) is 65.8 Å². The molecule has 0 spiro atoms. The van der Waals surface area contributed by atoms with Crippen LogP contribution in [0.2, 0.25) is 0 Å². The lowest BCUT2D eigenvalue weighted by Crippen LogP contribution is -2.30. The van der Waals surface area contributed by atoms with Crippen LogP contribution in [0.15, 0.2) is 30.3 Å². The van der Waals surface area contributed by atoms with Crippen molar-refractivity contribution in [3.05, 3.63) is 58.1 Å². The molecule has 2 aromatic carbocycles. The molecule has 0 amide bonds. The summed E-state index contributed by atoms with van der Waals surface area (Å²) in [5.74, 6) is 1.29. The molecule has 1 aliphatic rings. The predicted molar refractivity (Wildman–Crippen MR) is 125 cm³/mol. The summed E-state index contributed by atoms with van der Waals surface area (Å²) < 4.78 is 5.56. The Hall–Kier alpha value is -2.82. The summed E-state index contributed by atoms with van der Waals surface area (Å²) in [6.45, 7) is 15.4. The molecule has 5 nitrogen and oxygen atoms in total. The van der Waals surface area contributed by atoms with E-state index < -0.39 is 0 Å². The standard InChI is InChI=1S/C26H34N2O3/c1-8-31-18-10-9-16-14-28(24(27)19(16)13-18)15-22(29)17-11-20(25(2,3)4)23(30)21(12-17)26(5,6)7/h9-13,27,30H,8,14-15H2,1-7H3. The topological polar surface area (TPSA) is 73.6 Å². The second-order valence-electron chi connectivity index (χ2n) is 10.3. The van der Waals surface area contributed by atoms with Crippen LogP contribution in [0.1, 0.15) is 81.1 Å². The molecule has 0 saturated heterocycles. The van der Waals surface area contributed by atoms with Crippen LogP contribution in [0.25, 0.3) is 0 Å². The summed E-state index contributed by atoms with van der Waals surface area (Å²) in [6, 6.07) is 9.38. The van der Waals surface area contributed by atoms with E-state index in [1.807, 2.05) is 78.8 Å². The number of Topliss-reactive ketones (excluding diaryl/α,β-unsaturated/α-hetero) is 1. The summed E-state index contributed by atoms with van der Waals surface area (Å²) in [5, 5.41) is 19.5. The van der Waals surface area contributed by atoms with Gasteiger partial charge < -0.3 is 14.7 Å². The van der Waals surface area contributed by atoms with E-state index in [1.54, 1.807) is 4.90 Å². The third-order valence-electron chi connectivity index (χ3n) is 5.71. The molecule has 0 aliphatic carbocycles. The van der Waals surface area contributed by atoms with Gasteiger partial charge in [-0.2, -0.15) is 0 Å². The number of fused-ring (bicyclic) bond motifs is 1. The third kappa shape index (κ3) is 4.60. The number of nitrogens with zero attached hydrogens (tertiary/aromatic N) is 1. The fraction of sp³-hybridized carbons (Fsp3) is 0.462.